The Balaban J connectivity index is 1.16. The van der Waals surface area contributed by atoms with E-state index in [0.29, 0.717) is 17.6 Å². The standard InChI is InChI=1S/C43H26N4O/c1-2-11-28(12-3-1)41-44-42(46-43(45-41)47-37-18-7-4-15-32(37)33-16-5-8-19-38(33)47)31-14-10-13-29(25-31)30-22-21-27-23-24-35-34-17-6-9-20-39(34)48-40(35)36(27)26-30/h1-26H. The van der Waals surface area contributed by atoms with Crippen LogP contribution in [0.4, 0.5) is 0 Å². The number of rotatable bonds is 4. The summed E-state index contributed by atoms with van der Waals surface area (Å²) < 4.78 is 8.53. The zero-order valence-electron chi connectivity index (χ0n) is 25.7. The molecule has 224 valence electrons. The Labute approximate surface area is 275 Å². The molecule has 0 aliphatic carbocycles. The van der Waals surface area contributed by atoms with Crippen LogP contribution in [-0.2, 0) is 0 Å². The monoisotopic (exact) mass is 614 g/mol. The van der Waals surface area contributed by atoms with Crippen molar-refractivity contribution >= 4 is 54.5 Å². The fourth-order valence-corrected chi connectivity index (χ4v) is 6.97. The summed E-state index contributed by atoms with van der Waals surface area (Å²) in [7, 11) is 0. The number of hydrogen-bond acceptors (Lipinski definition) is 4. The highest BCUT2D eigenvalue weighted by Gasteiger charge is 2.18. The molecule has 0 amide bonds. The van der Waals surface area contributed by atoms with Crippen molar-refractivity contribution in [2.75, 3.05) is 0 Å². The van der Waals surface area contributed by atoms with Crippen molar-refractivity contribution < 1.29 is 4.42 Å². The Morgan fingerprint density at radius 1 is 0.396 bits per heavy atom. The molecule has 0 N–H and O–H groups in total. The molecule has 5 heteroatoms. The van der Waals surface area contributed by atoms with Gasteiger partial charge in [0.05, 0.1) is 11.0 Å². The number of para-hydroxylation sites is 3. The average Bonchev–Trinajstić information content (AvgIpc) is 3.71. The van der Waals surface area contributed by atoms with Gasteiger partial charge < -0.3 is 4.42 Å². The number of benzene rings is 7. The van der Waals surface area contributed by atoms with E-state index in [-0.39, 0.29) is 0 Å². The average molecular weight is 615 g/mol. The number of nitrogens with zero attached hydrogens (tertiary/aromatic N) is 4. The van der Waals surface area contributed by atoms with Gasteiger partial charge in [-0.05, 0) is 52.9 Å². The molecule has 5 nitrogen and oxygen atoms in total. The summed E-state index contributed by atoms with van der Waals surface area (Å²) in [5.41, 5.74) is 7.93. The highest BCUT2D eigenvalue weighted by Crippen LogP contribution is 2.37. The van der Waals surface area contributed by atoms with Crippen molar-refractivity contribution in [3.8, 4) is 39.9 Å². The molecule has 0 fully saturated rings. The van der Waals surface area contributed by atoms with Crippen LogP contribution in [-0.4, -0.2) is 19.5 Å². The highest BCUT2D eigenvalue weighted by atomic mass is 16.3. The second kappa shape index (κ2) is 10.5. The summed E-state index contributed by atoms with van der Waals surface area (Å²) in [5, 5.41) is 6.81. The molecule has 3 aromatic heterocycles. The van der Waals surface area contributed by atoms with Crippen LogP contribution < -0.4 is 0 Å². The SMILES string of the molecule is c1ccc(-c2nc(-c3cccc(-c4ccc5ccc6c7ccccc7oc6c5c4)c3)nc(-n3c4ccccc4c4ccccc43)n2)cc1. The smallest absolute Gasteiger partial charge is 0.238 e. The first-order chi connectivity index (χ1) is 23.8. The Kier molecular flexibility index (Phi) is 5.81. The summed E-state index contributed by atoms with van der Waals surface area (Å²) in [5.74, 6) is 1.82. The van der Waals surface area contributed by atoms with Gasteiger partial charge in [-0.15, -0.1) is 0 Å². The molecular weight excluding hydrogens is 589 g/mol. The molecule has 7 aromatic carbocycles. The van der Waals surface area contributed by atoms with Crippen LogP contribution in [0, 0.1) is 0 Å². The molecule has 10 rings (SSSR count). The molecule has 0 saturated heterocycles. The molecule has 0 saturated carbocycles. The Morgan fingerprint density at radius 2 is 1.00 bits per heavy atom. The maximum atomic E-state index is 6.39. The third kappa shape index (κ3) is 4.15. The molecule has 0 bridgehead atoms. The van der Waals surface area contributed by atoms with E-state index in [1.54, 1.807) is 0 Å². The molecule has 10 aromatic rings. The maximum absolute atomic E-state index is 6.39. The van der Waals surface area contributed by atoms with Crippen LogP contribution in [0.1, 0.15) is 0 Å². The first-order valence-corrected chi connectivity index (χ1v) is 16.0. The van der Waals surface area contributed by atoms with E-state index in [2.05, 4.69) is 120 Å². The van der Waals surface area contributed by atoms with Crippen molar-refractivity contribution in [1.82, 2.24) is 19.5 Å². The zero-order valence-corrected chi connectivity index (χ0v) is 25.7. The number of furan rings is 1. The number of aromatic nitrogens is 4. The molecular formula is C43H26N4O. The van der Waals surface area contributed by atoms with Gasteiger partial charge in [0.2, 0.25) is 5.95 Å². The Hall–Kier alpha value is -6.59. The minimum absolute atomic E-state index is 0.583. The third-order valence-electron chi connectivity index (χ3n) is 9.25. The summed E-state index contributed by atoms with van der Waals surface area (Å²) in [6.07, 6.45) is 0. The van der Waals surface area contributed by atoms with Gasteiger partial charge in [-0.2, -0.15) is 9.97 Å². The van der Waals surface area contributed by atoms with Crippen molar-refractivity contribution in [2.24, 2.45) is 0 Å². The van der Waals surface area contributed by atoms with Gasteiger partial charge >= 0.3 is 0 Å². The van der Waals surface area contributed by atoms with Crippen LogP contribution in [0.3, 0.4) is 0 Å². The Bertz CT molecular complexity index is 2800. The van der Waals surface area contributed by atoms with Gasteiger partial charge in [0, 0.05) is 38.1 Å². The van der Waals surface area contributed by atoms with Crippen LogP contribution >= 0.6 is 0 Å². The van der Waals surface area contributed by atoms with E-state index in [9.17, 15) is 0 Å². The summed E-state index contributed by atoms with van der Waals surface area (Å²) in [6, 6.07) is 54.5. The minimum atomic E-state index is 0.583. The predicted octanol–water partition coefficient (Wildman–Crippen LogP) is 11.0. The van der Waals surface area contributed by atoms with Crippen LogP contribution in [0.5, 0.6) is 0 Å². The fourth-order valence-electron chi connectivity index (χ4n) is 6.97. The van der Waals surface area contributed by atoms with Crippen molar-refractivity contribution in [3.63, 3.8) is 0 Å². The fraction of sp³-hybridized carbons (Fsp3) is 0. The molecule has 0 aliphatic heterocycles. The molecule has 48 heavy (non-hydrogen) atoms. The first kappa shape index (κ1) is 26.6. The van der Waals surface area contributed by atoms with Crippen LogP contribution in [0.15, 0.2) is 162 Å². The summed E-state index contributed by atoms with van der Waals surface area (Å²) >= 11 is 0. The van der Waals surface area contributed by atoms with Crippen LogP contribution in [0.25, 0.3) is 94.4 Å². The van der Waals surface area contributed by atoms with Crippen molar-refractivity contribution in [1.29, 1.82) is 0 Å². The first-order valence-electron chi connectivity index (χ1n) is 16.0. The Morgan fingerprint density at radius 3 is 1.79 bits per heavy atom. The lowest BCUT2D eigenvalue weighted by atomic mass is 9.98. The van der Waals surface area contributed by atoms with Gasteiger partial charge in [0.25, 0.3) is 0 Å². The van der Waals surface area contributed by atoms with Gasteiger partial charge in [-0.3, -0.25) is 4.57 Å². The quantitative estimate of drug-likeness (QED) is 0.198. The largest absolute Gasteiger partial charge is 0.455 e. The van der Waals surface area contributed by atoms with Gasteiger partial charge in [-0.25, -0.2) is 4.98 Å². The lowest BCUT2D eigenvalue weighted by Crippen LogP contribution is -2.06. The maximum Gasteiger partial charge on any atom is 0.238 e. The second-order valence-electron chi connectivity index (χ2n) is 12.1. The van der Waals surface area contributed by atoms with Crippen molar-refractivity contribution in [3.05, 3.63) is 158 Å². The predicted molar refractivity (Wildman–Crippen MR) is 195 cm³/mol. The van der Waals surface area contributed by atoms with Crippen LogP contribution in [0.2, 0.25) is 0 Å². The third-order valence-corrected chi connectivity index (χ3v) is 9.25. The second-order valence-corrected chi connectivity index (χ2v) is 12.1. The molecule has 0 spiro atoms. The lowest BCUT2D eigenvalue weighted by Gasteiger charge is -2.12. The lowest BCUT2D eigenvalue weighted by molar-refractivity contribution is 0.672. The molecule has 0 aliphatic rings. The van der Waals surface area contributed by atoms with Crippen molar-refractivity contribution in [2.45, 2.75) is 0 Å². The normalized spacial score (nSPS) is 11.8. The number of hydrogen-bond donors (Lipinski definition) is 0. The number of fused-ring (bicyclic) bond motifs is 8. The van der Waals surface area contributed by atoms with E-state index >= 15 is 0 Å². The molecule has 0 atom stereocenters. The van der Waals surface area contributed by atoms with E-state index in [4.69, 9.17) is 19.4 Å². The van der Waals surface area contributed by atoms with Gasteiger partial charge in [0.1, 0.15) is 11.2 Å². The van der Waals surface area contributed by atoms with E-state index in [1.165, 1.54) is 0 Å². The minimum Gasteiger partial charge on any atom is -0.455 e. The molecule has 0 radical (unpaired) electrons. The summed E-state index contributed by atoms with van der Waals surface area (Å²) in [4.78, 5) is 15.3. The zero-order chi connectivity index (χ0) is 31.6. The van der Waals surface area contributed by atoms with E-state index in [1.807, 2.05) is 42.5 Å². The van der Waals surface area contributed by atoms with Gasteiger partial charge in [0.15, 0.2) is 11.6 Å². The topological polar surface area (TPSA) is 56.7 Å². The van der Waals surface area contributed by atoms with Gasteiger partial charge in [-0.1, -0.05) is 121 Å². The molecule has 0 unspecified atom stereocenters. The summed E-state index contributed by atoms with van der Waals surface area (Å²) in [6.45, 7) is 0. The molecule has 3 heterocycles. The van der Waals surface area contributed by atoms with E-state index < -0.39 is 0 Å². The van der Waals surface area contributed by atoms with E-state index in [0.717, 1.165) is 76.8 Å². The highest BCUT2D eigenvalue weighted by molar-refractivity contribution is 6.15.